The van der Waals surface area contributed by atoms with Crippen molar-refractivity contribution in [2.24, 2.45) is 0 Å². The van der Waals surface area contributed by atoms with Gasteiger partial charge >= 0.3 is 0 Å². The number of hydrogen-bond donors (Lipinski definition) is 1. The van der Waals surface area contributed by atoms with Crippen molar-refractivity contribution in [3.05, 3.63) is 29.4 Å². The van der Waals surface area contributed by atoms with E-state index in [9.17, 15) is 0 Å². The van der Waals surface area contributed by atoms with Crippen molar-refractivity contribution in [1.82, 2.24) is 15.3 Å². The maximum absolute atomic E-state index is 6.00. The highest BCUT2D eigenvalue weighted by Gasteiger charge is 2.38. The first-order valence-corrected chi connectivity index (χ1v) is 6.60. The average Bonchev–Trinajstić information content (AvgIpc) is 3.00. The zero-order valence-corrected chi connectivity index (χ0v) is 10.6. The molecule has 2 saturated heterocycles. The first-order chi connectivity index (χ1) is 8.79. The van der Waals surface area contributed by atoms with Gasteiger partial charge in [-0.25, -0.2) is 4.98 Å². The number of halogens is 1. The Morgan fingerprint density at radius 2 is 2.28 bits per heavy atom. The normalized spacial score (nSPS) is 26.2. The van der Waals surface area contributed by atoms with Crippen LogP contribution in [0.25, 0.3) is 11.0 Å². The molecule has 0 unspecified atom stereocenters. The minimum atomic E-state index is 0.570. The van der Waals surface area contributed by atoms with Gasteiger partial charge in [0.25, 0.3) is 0 Å². The molecule has 2 fully saturated rings. The third-order valence-electron chi connectivity index (χ3n) is 3.84. The minimum Gasteiger partial charge on any atom is -0.349 e. The van der Waals surface area contributed by atoms with Crippen LogP contribution in [0.4, 0.5) is 5.82 Å². The quantitative estimate of drug-likeness (QED) is 0.850. The largest absolute Gasteiger partial charge is 0.349 e. The van der Waals surface area contributed by atoms with Gasteiger partial charge in [-0.3, -0.25) is 4.98 Å². The van der Waals surface area contributed by atoms with Crippen molar-refractivity contribution < 1.29 is 0 Å². The third-order valence-corrected chi connectivity index (χ3v) is 4.08. The lowest BCUT2D eigenvalue weighted by molar-refractivity contribution is 0.576. The summed E-state index contributed by atoms with van der Waals surface area (Å²) in [5, 5.41) is 4.20. The number of rotatable bonds is 1. The zero-order valence-electron chi connectivity index (χ0n) is 9.81. The molecule has 92 valence electrons. The van der Waals surface area contributed by atoms with Crippen molar-refractivity contribution in [3.63, 3.8) is 0 Å². The smallest absolute Gasteiger partial charge is 0.148 e. The zero-order chi connectivity index (χ0) is 12.1. The predicted octanol–water partition coefficient (Wildman–Crippen LogP) is 1.83. The Labute approximate surface area is 110 Å². The average molecular weight is 261 g/mol. The molecular formula is C13H13ClN4. The maximum atomic E-state index is 6.00. The van der Waals surface area contributed by atoms with Gasteiger partial charge in [0.15, 0.2) is 0 Å². The SMILES string of the molecule is Clc1ccc2ncc(N3C[C@@H]4C[C@H]3CN4)nc2c1. The Balaban J connectivity index is 1.77. The summed E-state index contributed by atoms with van der Waals surface area (Å²) in [5.74, 6) is 0.971. The molecule has 2 aliphatic heterocycles. The van der Waals surface area contributed by atoms with Gasteiger partial charge in [0.2, 0.25) is 0 Å². The second-order valence-corrected chi connectivity index (χ2v) is 5.44. The molecule has 0 amide bonds. The first kappa shape index (κ1) is 10.5. The first-order valence-electron chi connectivity index (χ1n) is 6.22. The molecule has 1 N–H and O–H groups in total. The highest BCUT2D eigenvalue weighted by atomic mass is 35.5. The van der Waals surface area contributed by atoms with Crippen LogP contribution in [0.3, 0.4) is 0 Å². The van der Waals surface area contributed by atoms with Crippen LogP contribution >= 0.6 is 11.6 Å². The molecule has 2 atom stereocenters. The summed E-state index contributed by atoms with van der Waals surface area (Å²) in [6.07, 6.45) is 3.09. The van der Waals surface area contributed by atoms with Crippen molar-refractivity contribution >= 4 is 28.5 Å². The van der Waals surface area contributed by atoms with Gasteiger partial charge < -0.3 is 10.2 Å². The molecule has 2 aliphatic rings. The molecule has 0 aliphatic carbocycles. The number of fused-ring (bicyclic) bond motifs is 3. The molecule has 0 spiro atoms. The second kappa shape index (κ2) is 3.80. The summed E-state index contributed by atoms with van der Waals surface area (Å²) < 4.78 is 0. The fraction of sp³-hybridized carbons (Fsp3) is 0.385. The van der Waals surface area contributed by atoms with Crippen LogP contribution in [0, 0.1) is 0 Å². The summed E-state index contributed by atoms with van der Waals surface area (Å²) in [4.78, 5) is 11.5. The van der Waals surface area contributed by atoms with E-state index in [0.29, 0.717) is 17.1 Å². The predicted molar refractivity (Wildman–Crippen MR) is 72.1 cm³/mol. The van der Waals surface area contributed by atoms with E-state index in [2.05, 4.69) is 20.2 Å². The number of aromatic nitrogens is 2. The highest BCUT2D eigenvalue weighted by Crippen LogP contribution is 2.28. The number of benzene rings is 1. The Morgan fingerprint density at radius 3 is 3.06 bits per heavy atom. The van der Waals surface area contributed by atoms with Crippen LogP contribution in [0.5, 0.6) is 0 Å². The van der Waals surface area contributed by atoms with E-state index in [4.69, 9.17) is 11.6 Å². The van der Waals surface area contributed by atoms with Crippen LogP contribution in [0.2, 0.25) is 5.02 Å². The summed E-state index contributed by atoms with van der Waals surface area (Å²) in [5.41, 5.74) is 1.77. The number of hydrogen-bond acceptors (Lipinski definition) is 4. The Bertz CT molecular complexity index is 615. The monoisotopic (exact) mass is 260 g/mol. The number of piperazine rings is 1. The van der Waals surface area contributed by atoms with Crippen LogP contribution in [-0.2, 0) is 0 Å². The summed E-state index contributed by atoms with van der Waals surface area (Å²) in [6, 6.07) is 6.82. The Morgan fingerprint density at radius 1 is 1.33 bits per heavy atom. The van der Waals surface area contributed by atoms with Crippen LogP contribution in [0.15, 0.2) is 24.4 Å². The number of nitrogens with one attached hydrogen (secondary N) is 1. The van der Waals surface area contributed by atoms with Crippen LogP contribution in [-0.4, -0.2) is 35.1 Å². The standard InChI is InChI=1S/C13H13ClN4/c14-8-1-2-11-12(3-8)17-13(6-16-11)18-7-9-4-10(18)5-15-9/h1-3,6,9-10,15H,4-5,7H2/t9-,10-/m0/s1. The van der Waals surface area contributed by atoms with Gasteiger partial charge in [-0.05, 0) is 24.6 Å². The highest BCUT2D eigenvalue weighted by molar-refractivity contribution is 6.31. The van der Waals surface area contributed by atoms with E-state index < -0.39 is 0 Å². The van der Waals surface area contributed by atoms with Crippen molar-refractivity contribution in [1.29, 1.82) is 0 Å². The summed E-state index contributed by atoms with van der Waals surface area (Å²) in [7, 11) is 0. The fourth-order valence-electron chi connectivity index (χ4n) is 2.95. The van der Waals surface area contributed by atoms with E-state index in [1.54, 1.807) is 0 Å². The van der Waals surface area contributed by atoms with E-state index in [-0.39, 0.29) is 0 Å². The molecule has 2 aromatic rings. The van der Waals surface area contributed by atoms with Crippen LogP contribution < -0.4 is 10.2 Å². The maximum Gasteiger partial charge on any atom is 0.148 e. The fourth-order valence-corrected chi connectivity index (χ4v) is 3.12. The van der Waals surface area contributed by atoms with Gasteiger partial charge in [-0.1, -0.05) is 11.6 Å². The summed E-state index contributed by atoms with van der Waals surface area (Å²) in [6.45, 7) is 2.09. The number of anilines is 1. The van der Waals surface area contributed by atoms with Gasteiger partial charge in [0.1, 0.15) is 5.82 Å². The molecule has 3 heterocycles. The molecule has 4 rings (SSSR count). The van der Waals surface area contributed by atoms with Crippen molar-refractivity contribution in [3.8, 4) is 0 Å². The third kappa shape index (κ3) is 1.56. The summed E-state index contributed by atoms with van der Waals surface area (Å²) >= 11 is 6.00. The minimum absolute atomic E-state index is 0.570. The van der Waals surface area contributed by atoms with Crippen molar-refractivity contribution in [2.45, 2.75) is 18.5 Å². The molecule has 1 aromatic heterocycles. The molecule has 5 heteroatoms. The topological polar surface area (TPSA) is 41.1 Å². The van der Waals surface area contributed by atoms with Crippen LogP contribution in [0.1, 0.15) is 6.42 Å². The van der Waals surface area contributed by atoms with E-state index >= 15 is 0 Å². The Kier molecular flexibility index (Phi) is 2.22. The van der Waals surface area contributed by atoms with E-state index in [1.165, 1.54) is 6.42 Å². The van der Waals surface area contributed by atoms with Gasteiger partial charge in [0, 0.05) is 30.2 Å². The van der Waals surface area contributed by atoms with Gasteiger partial charge in [-0.15, -0.1) is 0 Å². The molecular weight excluding hydrogens is 248 g/mol. The van der Waals surface area contributed by atoms with Gasteiger partial charge in [0.05, 0.1) is 17.2 Å². The molecule has 2 bridgehead atoms. The van der Waals surface area contributed by atoms with E-state index in [1.807, 2.05) is 24.4 Å². The molecule has 4 nitrogen and oxygen atoms in total. The lowest BCUT2D eigenvalue weighted by Gasteiger charge is -2.28. The lowest BCUT2D eigenvalue weighted by Crippen LogP contribution is -2.44. The number of nitrogens with zero attached hydrogens (tertiary/aromatic N) is 3. The Hall–Kier alpha value is -1.39. The van der Waals surface area contributed by atoms with Crippen molar-refractivity contribution in [2.75, 3.05) is 18.0 Å². The molecule has 0 saturated carbocycles. The van der Waals surface area contributed by atoms with Gasteiger partial charge in [-0.2, -0.15) is 0 Å². The molecule has 1 aromatic carbocycles. The van der Waals surface area contributed by atoms with E-state index in [0.717, 1.165) is 29.9 Å². The molecule has 18 heavy (non-hydrogen) atoms. The lowest BCUT2D eigenvalue weighted by atomic mass is 10.2. The second-order valence-electron chi connectivity index (χ2n) is 5.01. The molecule has 0 radical (unpaired) electrons.